The van der Waals surface area contributed by atoms with E-state index in [0.29, 0.717) is 6.61 Å². The maximum atomic E-state index is 11.2. The third-order valence-electron chi connectivity index (χ3n) is 2.96. The van der Waals surface area contributed by atoms with Crippen LogP contribution in [0.4, 0.5) is 4.79 Å². The van der Waals surface area contributed by atoms with Gasteiger partial charge in [-0.1, -0.05) is 0 Å². The number of rotatable bonds is 2. The van der Waals surface area contributed by atoms with Gasteiger partial charge in [-0.05, 0) is 31.5 Å². The number of likely N-dealkylation sites (N-methyl/N-ethyl adjacent to an activating group) is 1. The fraction of sp³-hybridized carbons (Fsp3) is 0.727. The van der Waals surface area contributed by atoms with Crippen molar-refractivity contribution < 1.29 is 14.4 Å². The van der Waals surface area contributed by atoms with Crippen molar-refractivity contribution in [2.24, 2.45) is 0 Å². The van der Waals surface area contributed by atoms with Crippen LogP contribution in [0.5, 0.6) is 0 Å². The fourth-order valence-electron chi connectivity index (χ4n) is 2.17. The first-order valence-corrected chi connectivity index (χ1v) is 5.67. The summed E-state index contributed by atoms with van der Waals surface area (Å²) in [5, 5.41) is 1.68. The summed E-state index contributed by atoms with van der Waals surface area (Å²) in [5.41, 5.74) is 2.81. The van der Waals surface area contributed by atoms with E-state index in [1.54, 1.807) is 12.0 Å². The van der Waals surface area contributed by atoms with E-state index in [1.807, 2.05) is 0 Å². The summed E-state index contributed by atoms with van der Waals surface area (Å²) in [6, 6.07) is 0. The van der Waals surface area contributed by atoms with E-state index < -0.39 is 6.16 Å². The van der Waals surface area contributed by atoms with Crippen LogP contribution >= 0.6 is 0 Å². The van der Waals surface area contributed by atoms with E-state index >= 15 is 0 Å². The molecule has 2 aliphatic heterocycles. The third-order valence-corrected chi connectivity index (χ3v) is 2.96. The molecule has 0 bridgehead atoms. The van der Waals surface area contributed by atoms with Gasteiger partial charge in [-0.15, -0.1) is 5.06 Å². The number of carbonyl (C=O) groups excluding carboxylic acids is 1. The average Bonchev–Trinajstić information content (AvgIpc) is 2.59. The first kappa shape index (κ1) is 11.4. The van der Waals surface area contributed by atoms with E-state index in [2.05, 4.69) is 11.9 Å². The highest BCUT2D eigenvalue weighted by molar-refractivity contribution is 5.59. The quantitative estimate of drug-likeness (QED) is 0.519. The summed E-state index contributed by atoms with van der Waals surface area (Å²) >= 11 is 0. The van der Waals surface area contributed by atoms with Gasteiger partial charge in [-0.2, -0.15) is 0 Å². The van der Waals surface area contributed by atoms with Gasteiger partial charge in [0.2, 0.25) is 0 Å². The average molecular weight is 226 g/mol. The number of nitrogens with zero attached hydrogens (tertiary/aromatic N) is 2. The van der Waals surface area contributed by atoms with Crippen LogP contribution in [0.15, 0.2) is 11.1 Å². The van der Waals surface area contributed by atoms with Crippen LogP contribution in [0, 0.1) is 0 Å². The van der Waals surface area contributed by atoms with Crippen LogP contribution in [0.2, 0.25) is 0 Å². The van der Waals surface area contributed by atoms with Crippen LogP contribution in [-0.2, 0) is 9.57 Å². The molecule has 0 N–H and O–H groups in total. The summed E-state index contributed by atoms with van der Waals surface area (Å²) in [6.45, 7) is 5.65. The molecule has 0 amide bonds. The van der Waals surface area contributed by atoms with Gasteiger partial charge >= 0.3 is 6.16 Å². The Balaban J connectivity index is 1.84. The summed E-state index contributed by atoms with van der Waals surface area (Å²) in [7, 11) is 2.11. The Labute approximate surface area is 95.5 Å². The van der Waals surface area contributed by atoms with E-state index in [-0.39, 0.29) is 0 Å². The Morgan fingerprint density at radius 1 is 1.31 bits per heavy atom. The number of carbonyl (C=O) groups is 1. The Hall–Kier alpha value is -1.07. The standard InChI is InChI=1S/C11H18N2O3/c1-3-15-11(14)16-13-7-9-4-5-12(2)6-10(9)8-13/h3-8H2,1-2H3. The molecule has 0 radical (unpaired) electrons. The zero-order valence-corrected chi connectivity index (χ0v) is 9.86. The highest BCUT2D eigenvalue weighted by atomic mass is 16.8. The summed E-state index contributed by atoms with van der Waals surface area (Å²) in [5.74, 6) is 0. The molecule has 90 valence electrons. The smallest absolute Gasteiger partial charge is 0.433 e. The van der Waals surface area contributed by atoms with Crippen LogP contribution < -0.4 is 0 Å². The molecule has 2 rings (SSSR count). The van der Waals surface area contributed by atoms with Gasteiger partial charge in [0.25, 0.3) is 0 Å². The molecule has 0 saturated heterocycles. The Morgan fingerprint density at radius 3 is 2.81 bits per heavy atom. The lowest BCUT2D eigenvalue weighted by atomic mass is 10.0. The SMILES string of the molecule is CCOC(=O)ON1CC2=C(CN(C)CC2)C1. The lowest BCUT2D eigenvalue weighted by Crippen LogP contribution is -2.28. The first-order valence-electron chi connectivity index (χ1n) is 5.67. The van der Waals surface area contributed by atoms with E-state index in [4.69, 9.17) is 9.57 Å². The van der Waals surface area contributed by atoms with Gasteiger partial charge < -0.3 is 14.5 Å². The Morgan fingerprint density at radius 2 is 2.06 bits per heavy atom. The molecule has 0 fully saturated rings. The monoisotopic (exact) mass is 226 g/mol. The predicted molar refractivity (Wildman–Crippen MR) is 58.8 cm³/mol. The normalized spacial score (nSPS) is 22.1. The second-order valence-electron chi connectivity index (χ2n) is 4.27. The maximum Gasteiger partial charge on any atom is 0.527 e. The zero-order valence-electron chi connectivity index (χ0n) is 9.86. The minimum Gasteiger partial charge on any atom is -0.433 e. The number of hydrogen-bond donors (Lipinski definition) is 0. The van der Waals surface area contributed by atoms with E-state index in [0.717, 1.165) is 32.6 Å². The fourth-order valence-corrected chi connectivity index (χ4v) is 2.17. The number of hydrogen-bond acceptors (Lipinski definition) is 5. The highest BCUT2D eigenvalue weighted by Gasteiger charge is 2.28. The summed E-state index contributed by atoms with van der Waals surface area (Å²) < 4.78 is 4.75. The predicted octanol–water partition coefficient (Wildman–Crippen LogP) is 1.02. The van der Waals surface area contributed by atoms with Gasteiger partial charge in [-0.3, -0.25) is 0 Å². The van der Waals surface area contributed by atoms with Crippen molar-refractivity contribution in [3.05, 3.63) is 11.1 Å². The van der Waals surface area contributed by atoms with E-state index in [1.165, 1.54) is 11.1 Å². The Kier molecular flexibility index (Phi) is 3.46. The minimum atomic E-state index is -0.601. The molecule has 0 aromatic heterocycles. The molecule has 0 aromatic carbocycles. The van der Waals surface area contributed by atoms with Crippen molar-refractivity contribution in [3.8, 4) is 0 Å². The molecule has 0 unspecified atom stereocenters. The van der Waals surface area contributed by atoms with Crippen molar-refractivity contribution >= 4 is 6.16 Å². The van der Waals surface area contributed by atoms with Gasteiger partial charge in [0, 0.05) is 13.1 Å². The van der Waals surface area contributed by atoms with Crippen molar-refractivity contribution in [3.63, 3.8) is 0 Å². The molecule has 5 nitrogen and oxygen atoms in total. The molecule has 16 heavy (non-hydrogen) atoms. The molecule has 2 heterocycles. The van der Waals surface area contributed by atoms with Gasteiger partial charge in [0.1, 0.15) is 0 Å². The second kappa shape index (κ2) is 4.84. The van der Waals surface area contributed by atoms with Crippen molar-refractivity contribution in [2.45, 2.75) is 13.3 Å². The molecule has 0 saturated carbocycles. The topological polar surface area (TPSA) is 42.0 Å². The van der Waals surface area contributed by atoms with Gasteiger partial charge in [0.05, 0.1) is 19.7 Å². The molecule has 0 spiro atoms. The molecule has 0 atom stereocenters. The highest BCUT2D eigenvalue weighted by Crippen LogP contribution is 2.25. The van der Waals surface area contributed by atoms with Crippen LogP contribution in [0.1, 0.15) is 13.3 Å². The Bertz CT molecular complexity index is 314. The lowest BCUT2D eigenvalue weighted by Gasteiger charge is -2.23. The molecular weight excluding hydrogens is 208 g/mol. The van der Waals surface area contributed by atoms with Gasteiger partial charge in [-0.25, -0.2) is 4.79 Å². The molecule has 0 aliphatic carbocycles. The van der Waals surface area contributed by atoms with Gasteiger partial charge in [0.15, 0.2) is 0 Å². The van der Waals surface area contributed by atoms with Crippen molar-refractivity contribution in [1.29, 1.82) is 0 Å². The minimum absolute atomic E-state index is 0.350. The molecule has 2 aliphatic rings. The van der Waals surface area contributed by atoms with Crippen molar-refractivity contribution in [2.75, 3.05) is 39.8 Å². The van der Waals surface area contributed by atoms with Crippen LogP contribution in [-0.4, -0.2) is 56.0 Å². The summed E-state index contributed by atoms with van der Waals surface area (Å²) in [4.78, 5) is 18.5. The summed E-state index contributed by atoms with van der Waals surface area (Å²) in [6.07, 6.45) is 0.477. The largest absolute Gasteiger partial charge is 0.527 e. The molecular formula is C11H18N2O3. The molecule has 0 aromatic rings. The molecule has 5 heteroatoms. The zero-order chi connectivity index (χ0) is 11.5. The maximum absolute atomic E-state index is 11.2. The van der Waals surface area contributed by atoms with Crippen LogP contribution in [0.3, 0.4) is 0 Å². The lowest BCUT2D eigenvalue weighted by molar-refractivity contribution is -0.109. The third kappa shape index (κ3) is 2.54. The van der Waals surface area contributed by atoms with Crippen LogP contribution in [0.25, 0.3) is 0 Å². The van der Waals surface area contributed by atoms with E-state index in [9.17, 15) is 4.79 Å². The van der Waals surface area contributed by atoms with Crippen molar-refractivity contribution in [1.82, 2.24) is 9.96 Å². The second-order valence-corrected chi connectivity index (χ2v) is 4.27. The number of hydroxylamine groups is 2. The first-order chi connectivity index (χ1) is 7.69. The number of ether oxygens (including phenoxy) is 1.